The maximum atomic E-state index is 13.0. The number of carbonyl (C=O) groups excluding carboxylic acids is 2. The SMILES string of the molecule is CCOc1ccc(C(=CC=CC(=O)Nc2ccccc2NC(=O)CO)c2ccc(C(F)(F)F)cc2)cc1. The quantitative estimate of drug-likeness (QED) is 0.256. The van der Waals surface area contributed by atoms with Gasteiger partial charge < -0.3 is 20.5 Å². The van der Waals surface area contributed by atoms with Gasteiger partial charge in [-0.3, -0.25) is 9.59 Å². The highest BCUT2D eigenvalue weighted by Gasteiger charge is 2.30. The fourth-order valence-electron chi connectivity index (χ4n) is 3.39. The predicted molar refractivity (Wildman–Crippen MR) is 136 cm³/mol. The van der Waals surface area contributed by atoms with E-state index in [2.05, 4.69) is 10.6 Å². The van der Waals surface area contributed by atoms with Crippen LogP contribution in [0.4, 0.5) is 24.5 Å². The molecule has 0 atom stereocenters. The van der Waals surface area contributed by atoms with Gasteiger partial charge in [-0.15, -0.1) is 0 Å². The van der Waals surface area contributed by atoms with Crippen LogP contribution in [-0.2, 0) is 15.8 Å². The van der Waals surface area contributed by atoms with E-state index in [9.17, 15) is 22.8 Å². The van der Waals surface area contributed by atoms with Gasteiger partial charge >= 0.3 is 6.18 Å². The number of rotatable bonds is 9. The first-order valence-corrected chi connectivity index (χ1v) is 11.3. The van der Waals surface area contributed by atoms with Crippen molar-refractivity contribution in [2.24, 2.45) is 0 Å². The molecule has 3 aromatic carbocycles. The molecule has 2 amide bonds. The van der Waals surface area contributed by atoms with Crippen molar-refractivity contribution in [3.63, 3.8) is 0 Å². The molecule has 192 valence electrons. The van der Waals surface area contributed by atoms with Crippen LogP contribution in [-0.4, -0.2) is 30.1 Å². The molecule has 0 bridgehead atoms. The van der Waals surface area contributed by atoms with E-state index in [0.717, 1.165) is 12.1 Å². The first-order chi connectivity index (χ1) is 17.7. The zero-order valence-corrected chi connectivity index (χ0v) is 19.9. The van der Waals surface area contributed by atoms with Crippen molar-refractivity contribution in [1.82, 2.24) is 0 Å². The van der Waals surface area contributed by atoms with Gasteiger partial charge in [0.1, 0.15) is 12.4 Å². The van der Waals surface area contributed by atoms with Gasteiger partial charge in [0.25, 0.3) is 0 Å². The van der Waals surface area contributed by atoms with Crippen LogP contribution in [0.25, 0.3) is 5.57 Å². The third-order valence-electron chi connectivity index (χ3n) is 5.11. The fourth-order valence-corrected chi connectivity index (χ4v) is 3.39. The number of aliphatic hydroxyl groups excluding tert-OH is 1. The maximum Gasteiger partial charge on any atom is 0.416 e. The zero-order chi connectivity index (χ0) is 26.8. The van der Waals surface area contributed by atoms with E-state index in [-0.39, 0.29) is 0 Å². The van der Waals surface area contributed by atoms with E-state index in [1.165, 1.54) is 24.3 Å². The Labute approximate surface area is 212 Å². The van der Waals surface area contributed by atoms with Crippen molar-refractivity contribution < 1.29 is 32.6 Å². The molecule has 9 heteroatoms. The Balaban J connectivity index is 1.86. The average molecular weight is 511 g/mol. The summed E-state index contributed by atoms with van der Waals surface area (Å²) in [6, 6.07) is 18.3. The molecule has 3 rings (SSSR count). The number of aliphatic hydroxyl groups is 1. The number of hydrogen-bond acceptors (Lipinski definition) is 4. The van der Waals surface area contributed by atoms with Crippen molar-refractivity contribution in [2.45, 2.75) is 13.1 Å². The molecule has 3 aromatic rings. The van der Waals surface area contributed by atoms with Crippen molar-refractivity contribution >= 4 is 28.8 Å². The largest absolute Gasteiger partial charge is 0.494 e. The number of carbonyl (C=O) groups is 2. The molecule has 0 aliphatic rings. The number of amides is 2. The van der Waals surface area contributed by atoms with Gasteiger partial charge in [-0.1, -0.05) is 48.6 Å². The second-order valence-electron chi connectivity index (χ2n) is 7.71. The number of benzene rings is 3. The van der Waals surface area contributed by atoms with Gasteiger partial charge in [-0.2, -0.15) is 13.2 Å². The van der Waals surface area contributed by atoms with Gasteiger partial charge in [-0.25, -0.2) is 0 Å². The summed E-state index contributed by atoms with van der Waals surface area (Å²) >= 11 is 0. The minimum Gasteiger partial charge on any atom is -0.494 e. The third kappa shape index (κ3) is 7.81. The number of para-hydroxylation sites is 2. The van der Waals surface area contributed by atoms with Crippen molar-refractivity contribution in [3.8, 4) is 5.75 Å². The topological polar surface area (TPSA) is 87.7 Å². The van der Waals surface area contributed by atoms with Crippen molar-refractivity contribution in [2.75, 3.05) is 23.8 Å². The lowest BCUT2D eigenvalue weighted by Gasteiger charge is -2.12. The molecular formula is C28H25F3N2O4. The molecular weight excluding hydrogens is 485 g/mol. The molecule has 6 nitrogen and oxygen atoms in total. The number of nitrogens with one attached hydrogen (secondary N) is 2. The summed E-state index contributed by atoms with van der Waals surface area (Å²) in [5.41, 5.74) is 1.72. The highest BCUT2D eigenvalue weighted by Crippen LogP contribution is 2.32. The van der Waals surface area contributed by atoms with E-state index in [4.69, 9.17) is 9.84 Å². The van der Waals surface area contributed by atoms with E-state index in [0.29, 0.717) is 40.4 Å². The lowest BCUT2D eigenvalue weighted by Crippen LogP contribution is -2.17. The molecule has 0 unspecified atom stereocenters. The predicted octanol–water partition coefficient (Wildman–Crippen LogP) is 5.66. The Morgan fingerprint density at radius 3 is 2.00 bits per heavy atom. The molecule has 3 N–H and O–H groups in total. The van der Waals surface area contributed by atoms with Gasteiger partial charge in [0.15, 0.2) is 0 Å². The van der Waals surface area contributed by atoms with E-state index in [1.54, 1.807) is 54.6 Å². The Morgan fingerprint density at radius 1 is 0.892 bits per heavy atom. The number of ether oxygens (including phenoxy) is 1. The summed E-state index contributed by atoms with van der Waals surface area (Å²) in [5, 5.41) is 14.1. The molecule has 0 aromatic heterocycles. The molecule has 0 aliphatic carbocycles. The molecule has 0 heterocycles. The van der Waals surface area contributed by atoms with Crippen LogP contribution >= 0.6 is 0 Å². The first-order valence-electron chi connectivity index (χ1n) is 11.3. The monoisotopic (exact) mass is 510 g/mol. The van der Waals surface area contributed by atoms with Crippen LogP contribution in [0.5, 0.6) is 5.75 Å². The van der Waals surface area contributed by atoms with Crippen LogP contribution in [0.3, 0.4) is 0 Å². The standard InChI is InChI=1S/C28H25F3N2O4/c1-2-37-22-16-12-20(13-17-22)23(19-10-14-21(15-11-19)28(29,30)31)6-5-9-26(35)32-24-7-3-4-8-25(24)33-27(36)18-34/h3-17,34H,2,18H2,1H3,(H,32,35)(H,33,36). The number of halogens is 3. The number of allylic oxidation sites excluding steroid dienone is 2. The van der Waals surface area contributed by atoms with Crippen LogP contribution < -0.4 is 15.4 Å². The summed E-state index contributed by atoms with van der Waals surface area (Å²) in [6.45, 7) is 1.65. The maximum absolute atomic E-state index is 13.0. The average Bonchev–Trinajstić information content (AvgIpc) is 2.88. The molecule has 0 saturated heterocycles. The Bertz CT molecular complexity index is 1280. The molecule has 0 spiro atoms. The third-order valence-corrected chi connectivity index (χ3v) is 5.11. The van der Waals surface area contributed by atoms with E-state index >= 15 is 0 Å². The van der Waals surface area contributed by atoms with Crippen LogP contribution in [0.15, 0.2) is 91.0 Å². The molecule has 0 radical (unpaired) electrons. The number of hydrogen-bond donors (Lipinski definition) is 3. The Hall–Kier alpha value is -4.37. The zero-order valence-electron chi connectivity index (χ0n) is 19.9. The van der Waals surface area contributed by atoms with Crippen LogP contribution in [0, 0.1) is 0 Å². The smallest absolute Gasteiger partial charge is 0.416 e. The Morgan fingerprint density at radius 2 is 1.46 bits per heavy atom. The number of anilines is 2. The first kappa shape index (κ1) is 27.2. The fraction of sp³-hybridized carbons (Fsp3) is 0.143. The summed E-state index contributed by atoms with van der Waals surface area (Å²) in [4.78, 5) is 24.0. The van der Waals surface area contributed by atoms with E-state index < -0.39 is 30.2 Å². The molecule has 0 aliphatic heterocycles. The molecule has 37 heavy (non-hydrogen) atoms. The van der Waals surface area contributed by atoms with Gasteiger partial charge in [0, 0.05) is 6.08 Å². The van der Waals surface area contributed by atoms with Gasteiger partial charge in [-0.05, 0) is 60.0 Å². The van der Waals surface area contributed by atoms with Crippen molar-refractivity contribution in [1.29, 1.82) is 0 Å². The summed E-state index contributed by atoms with van der Waals surface area (Å²) in [5.74, 6) is -0.475. The lowest BCUT2D eigenvalue weighted by molar-refractivity contribution is -0.137. The van der Waals surface area contributed by atoms with Crippen molar-refractivity contribution in [3.05, 3.63) is 108 Å². The highest BCUT2D eigenvalue weighted by molar-refractivity contribution is 6.04. The Kier molecular flexibility index (Phi) is 9.23. The van der Waals surface area contributed by atoms with Gasteiger partial charge in [0.05, 0.1) is 23.5 Å². The molecule has 0 saturated carbocycles. The normalized spacial score (nSPS) is 11.9. The summed E-state index contributed by atoms with van der Waals surface area (Å²) in [7, 11) is 0. The number of alkyl halides is 3. The second-order valence-corrected chi connectivity index (χ2v) is 7.71. The minimum absolute atomic E-state index is 0.318. The summed E-state index contributed by atoms with van der Waals surface area (Å²) in [6.07, 6.45) is -0.0965. The minimum atomic E-state index is -4.45. The van der Waals surface area contributed by atoms with Crippen LogP contribution in [0.2, 0.25) is 0 Å². The van der Waals surface area contributed by atoms with Gasteiger partial charge in [0.2, 0.25) is 11.8 Å². The summed E-state index contributed by atoms with van der Waals surface area (Å²) < 4.78 is 44.5. The second kappa shape index (κ2) is 12.5. The highest BCUT2D eigenvalue weighted by atomic mass is 19.4. The molecule has 0 fully saturated rings. The van der Waals surface area contributed by atoms with E-state index in [1.807, 2.05) is 6.92 Å². The lowest BCUT2D eigenvalue weighted by atomic mass is 9.96. The van der Waals surface area contributed by atoms with Crippen LogP contribution in [0.1, 0.15) is 23.6 Å².